The van der Waals surface area contributed by atoms with Gasteiger partial charge in [-0.2, -0.15) is 0 Å². The van der Waals surface area contributed by atoms with Crippen LogP contribution in [0.2, 0.25) is 0 Å². The molecule has 17 heavy (non-hydrogen) atoms. The van der Waals surface area contributed by atoms with Gasteiger partial charge in [0.05, 0.1) is 0 Å². The highest BCUT2D eigenvalue weighted by Crippen LogP contribution is 2.48. The SMILES string of the molecule is CCCCCCC(C)(CNC(C)(C)C)C1CC1. The highest BCUT2D eigenvalue weighted by atomic mass is 15.0. The molecule has 0 spiro atoms. The van der Waals surface area contributed by atoms with Gasteiger partial charge < -0.3 is 5.32 Å². The molecular formula is C16H33N. The number of hydrogen-bond acceptors (Lipinski definition) is 1. The molecule has 0 aromatic rings. The molecule has 1 unspecified atom stereocenters. The second-order valence-corrected chi connectivity index (χ2v) is 7.34. The van der Waals surface area contributed by atoms with Gasteiger partial charge in [0, 0.05) is 12.1 Å². The Morgan fingerprint density at radius 3 is 2.12 bits per heavy atom. The van der Waals surface area contributed by atoms with E-state index in [1.807, 2.05) is 0 Å². The first-order valence-electron chi connectivity index (χ1n) is 7.62. The van der Waals surface area contributed by atoms with Crippen LogP contribution in [-0.4, -0.2) is 12.1 Å². The summed E-state index contributed by atoms with van der Waals surface area (Å²) in [5.41, 5.74) is 0.820. The summed E-state index contributed by atoms with van der Waals surface area (Å²) < 4.78 is 0. The predicted molar refractivity (Wildman–Crippen MR) is 77.3 cm³/mol. The van der Waals surface area contributed by atoms with Crippen molar-refractivity contribution in [2.75, 3.05) is 6.54 Å². The van der Waals surface area contributed by atoms with Gasteiger partial charge in [-0.25, -0.2) is 0 Å². The van der Waals surface area contributed by atoms with Crippen LogP contribution in [0.4, 0.5) is 0 Å². The topological polar surface area (TPSA) is 12.0 Å². The first kappa shape index (κ1) is 15.0. The maximum atomic E-state index is 3.72. The molecule has 0 amide bonds. The average molecular weight is 239 g/mol. The molecule has 0 aromatic carbocycles. The molecule has 1 aliphatic rings. The van der Waals surface area contributed by atoms with E-state index >= 15 is 0 Å². The number of nitrogens with one attached hydrogen (secondary N) is 1. The maximum absolute atomic E-state index is 3.72. The lowest BCUT2D eigenvalue weighted by Gasteiger charge is -2.34. The Labute approximate surface area is 109 Å². The summed E-state index contributed by atoms with van der Waals surface area (Å²) in [6.45, 7) is 12.8. The molecule has 1 saturated carbocycles. The minimum Gasteiger partial charge on any atom is -0.312 e. The largest absolute Gasteiger partial charge is 0.312 e. The lowest BCUT2D eigenvalue weighted by molar-refractivity contribution is 0.205. The van der Waals surface area contributed by atoms with Crippen LogP contribution in [-0.2, 0) is 0 Å². The summed E-state index contributed by atoms with van der Waals surface area (Å²) in [6.07, 6.45) is 9.96. The van der Waals surface area contributed by atoms with Crippen molar-refractivity contribution in [2.45, 2.75) is 85.1 Å². The van der Waals surface area contributed by atoms with E-state index in [1.165, 1.54) is 51.5 Å². The van der Waals surface area contributed by atoms with Gasteiger partial charge in [0.25, 0.3) is 0 Å². The fourth-order valence-corrected chi connectivity index (χ4v) is 2.64. The van der Waals surface area contributed by atoms with Gasteiger partial charge in [-0.15, -0.1) is 0 Å². The molecule has 1 aliphatic carbocycles. The molecule has 0 aliphatic heterocycles. The molecule has 0 saturated heterocycles. The monoisotopic (exact) mass is 239 g/mol. The van der Waals surface area contributed by atoms with Crippen LogP contribution in [0, 0.1) is 11.3 Å². The second-order valence-electron chi connectivity index (χ2n) is 7.34. The third-order valence-corrected chi connectivity index (χ3v) is 4.19. The minimum atomic E-state index is 0.263. The number of hydrogen-bond donors (Lipinski definition) is 1. The molecule has 1 rings (SSSR count). The third kappa shape index (κ3) is 5.90. The Morgan fingerprint density at radius 1 is 1.00 bits per heavy atom. The van der Waals surface area contributed by atoms with Gasteiger partial charge in [0.1, 0.15) is 0 Å². The minimum absolute atomic E-state index is 0.263. The van der Waals surface area contributed by atoms with Crippen molar-refractivity contribution in [2.24, 2.45) is 11.3 Å². The van der Waals surface area contributed by atoms with Crippen molar-refractivity contribution < 1.29 is 0 Å². The molecule has 1 fully saturated rings. The van der Waals surface area contributed by atoms with Crippen LogP contribution in [0.15, 0.2) is 0 Å². The average Bonchev–Trinajstić information content (AvgIpc) is 3.04. The summed E-state index contributed by atoms with van der Waals surface area (Å²) >= 11 is 0. The molecule has 0 heterocycles. The summed E-state index contributed by atoms with van der Waals surface area (Å²) in [4.78, 5) is 0. The van der Waals surface area contributed by atoms with Gasteiger partial charge >= 0.3 is 0 Å². The first-order chi connectivity index (χ1) is 7.87. The summed E-state index contributed by atoms with van der Waals surface area (Å²) in [6, 6.07) is 0. The van der Waals surface area contributed by atoms with Crippen molar-refractivity contribution in [3.8, 4) is 0 Å². The predicted octanol–water partition coefficient (Wildman–Crippen LogP) is 4.76. The molecule has 1 N–H and O–H groups in total. The molecule has 0 radical (unpaired) electrons. The van der Waals surface area contributed by atoms with E-state index in [0.29, 0.717) is 5.41 Å². The molecule has 0 bridgehead atoms. The highest BCUT2D eigenvalue weighted by molar-refractivity contribution is 4.93. The van der Waals surface area contributed by atoms with Crippen molar-refractivity contribution in [3.05, 3.63) is 0 Å². The van der Waals surface area contributed by atoms with E-state index in [9.17, 15) is 0 Å². The van der Waals surface area contributed by atoms with Crippen LogP contribution in [0.1, 0.15) is 79.6 Å². The molecule has 1 heteroatoms. The number of rotatable bonds is 8. The zero-order valence-corrected chi connectivity index (χ0v) is 12.7. The Bertz CT molecular complexity index is 212. The van der Waals surface area contributed by atoms with E-state index in [4.69, 9.17) is 0 Å². The van der Waals surface area contributed by atoms with Gasteiger partial charge in [-0.3, -0.25) is 0 Å². The lowest BCUT2D eigenvalue weighted by atomic mass is 9.79. The van der Waals surface area contributed by atoms with Gasteiger partial charge in [0.15, 0.2) is 0 Å². The van der Waals surface area contributed by atoms with E-state index in [2.05, 4.69) is 39.9 Å². The smallest absolute Gasteiger partial charge is 0.00967 e. The third-order valence-electron chi connectivity index (χ3n) is 4.19. The zero-order chi connectivity index (χ0) is 12.9. The second kappa shape index (κ2) is 6.22. The summed E-state index contributed by atoms with van der Waals surface area (Å²) in [5.74, 6) is 0.999. The van der Waals surface area contributed by atoms with Crippen LogP contribution >= 0.6 is 0 Å². The maximum Gasteiger partial charge on any atom is 0.00967 e. The first-order valence-corrected chi connectivity index (χ1v) is 7.62. The Balaban J connectivity index is 2.34. The van der Waals surface area contributed by atoms with Crippen LogP contribution in [0.5, 0.6) is 0 Å². The lowest BCUT2D eigenvalue weighted by Crippen LogP contribution is -2.43. The van der Waals surface area contributed by atoms with E-state index in [-0.39, 0.29) is 5.54 Å². The standard InChI is InChI=1S/C16H33N/c1-6-7-8-9-12-16(5,14-10-11-14)13-17-15(2,3)4/h14,17H,6-13H2,1-5H3. The van der Waals surface area contributed by atoms with E-state index in [0.717, 1.165) is 5.92 Å². The zero-order valence-electron chi connectivity index (χ0n) is 12.7. The summed E-state index contributed by atoms with van der Waals surface area (Å²) in [7, 11) is 0. The van der Waals surface area contributed by atoms with Crippen molar-refractivity contribution >= 4 is 0 Å². The van der Waals surface area contributed by atoms with Crippen LogP contribution < -0.4 is 5.32 Å². The Morgan fingerprint density at radius 2 is 1.65 bits per heavy atom. The van der Waals surface area contributed by atoms with Crippen LogP contribution in [0.3, 0.4) is 0 Å². The van der Waals surface area contributed by atoms with Gasteiger partial charge in [0.2, 0.25) is 0 Å². The normalized spacial score (nSPS) is 20.3. The van der Waals surface area contributed by atoms with Gasteiger partial charge in [-0.1, -0.05) is 39.5 Å². The van der Waals surface area contributed by atoms with Crippen molar-refractivity contribution in [1.29, 1.82) is 0 Å². The fraction of sp³-hybridized carbons (Fsp3) is 1.00. The Hall–Kier alpha value is -0.0400. The van der Waals surface area contributed by atoms with Crippen molar-refractivity contribution in [1.82, 2.24) is 5.32 Å². The van der Waals surface area contributed by atoms with Crippen LogP contribution in [0.25, 0.3) is 0 Å². The summed E-state index contributed by atoms with van der Waals surface area (Å²) in [5, 5.41) is 3.72. The molecule has 1 atom stereocenters. The molecule has 0 aromatic heterocycles. The number of unbranched alkanes of at least 4 members (excludes halogenated alkanes) is 3. The Kier molecular flexibility index (Phi) is 5.50. The molecule has 1 nitrogen and oxygen atoms in total. The quantitative estimate of drug-likeness (QED) is 0.602. The van der Waals surface area contributed by atoms with Gasteiger partial charge in [-0.05, 0) is 51.4 Å². The molecular weight excluding hydrogens is 206 g/mol. The van der Waals surface area contributed by atoms with Crippen molar-refractivity contribution in [3.63, 3.8) is 0 Å². The highest BCUT2D eigenvalue weighted by Gasteiger charge is 2.40. The molecule has 102 valence electrons. The van der Waals surface area contributed by atoms with E-state index < -0.39 is 0 Å². The fourth-order valence-electron chi connectivity index (χ4n) is 2.64. The van der Waals surface area contributed by atoms with E-state index in [1.54, 1.807) is 0 Å².